The molecule has 1 fully saturated rings. The second-order valence-corrected chi connectivity index (χ2v) is 8.74. The van der Waals surface area contributed by atoms with E-state index in [1.165, 1.54) is 16.7 Å². The van der Waals surface area contributed by atoms with Crippen molar-refractivity contribution >= 4 is 17.8 Å². The molecule has 0 unspecified atom stereocenters. The second-order valence-electron chi connectivity index (χ2n) is 8.74. The lowest BCUT2D eigenvalue weighted by Gasteiger charge is -2.33. The summed E-state index contributed by atoms with van der Waals surface area (Å²) < 4.78 is 0. The van der Waals surface area contributed by atoms with Gasteiger partial charge >= 0.3 is 11.9 Å². The van der Waals surface area contributed by atoms with Crippen LogP contribution >= 0.6 is 0 Å². The van der Waals surface area contributed by atoms with Crippen molar-refractivity contribution in [2.45, 2.75) is 45.7 Å². The van der Waals surface area contributed by atoms with Crippen LogP contribution in [0, 0.1) is 5.92 Å². The molecule has 0 atom stereocenters. The number of rotatable bonds is 6. The van der Waals surface area contributed by atoms with Gasteiger partial charge in [-0.1, -0.05) is 68.4 Å². The summed E-state index contributed by atoms with van der Waals surface area (Å²) in [5.74, 6) is -2.61. The van der Waals surface area contributed by atoms with Crippen molar-refractivity contribution in [1.82, 2.24) is 9.80 Å². The molecule has 7 heteroatoms. The summed E-state index contributed by atoms with van der Waals surface area (Å²) in [6.07, 6.45) is 1.92. The van der Waals surface area contributed by atoms with Gasteiger partial charge in [-0.3, -0.25) is 9.69 Å². The van der Waals surface area contributed by atoms with Crippen LogP contribution in [0.15, 0.2) is 54.6 Å². The molecule has 0 saturated carbocycles. The van der Waals surface area contributed by atoms with Crippen LogP contribution in [-0.2, 0) is 27.5 Å². The van der Waals surface area contributed by atoms with Crippen molar-refractivity contribution in [2.75, 3.05) is 20.1 Å². The maximum absolute atomic E-state index is 12.8. The number of likely N-dealkylation sites (tertiary alicyclic amines) is 1. The van der Waals surface area contributed by atoms with Crippen LogP contribution in [0.5, 0.6) is 0 Å². The van der Waals surface area contributed by atoms with E-state index in [0.717, 1.165) is 32.5 Å². The summed E-state index contributed by atoms with van der Waals surface area (Å²) in [6.45, 7) is 8.14. The zero-order chi connectivity index (χ0) is 24.4. The molecule has 0 radical (unpaired) electrons. The monoisotopic (exact) mass is 454 g/mol. The Morgan fingerprint density at radius 1 is 0.909 bits per heavy atom. The van der Waals surface area contributed by atoms with Crippen LogP contribution in [-0.4, -0.2) is 58.0 Å². The van der Waals surface area contributed by atoms with Crippen molar-refractivity contribution < 1.29 is 24.6 Å². The molecule has 0 aromatic heterocycles. The number of nitrogens with zero attached hydrogens (tertiary/aromatic N) is 2. The zero-order valence-electron chi connectivity index (χ0n) is 19.6. The smallest absolute Gasteiger partial charge is 0.414 e. The fourth-order valence-electron chi connectivity index (χ4n) is 3.85. The Balaban J connectivity index is 0.000000569. The summed E-state index contributed by atoms with van der Waals surface area (Å²) in [4.78, 5) is 35.3. The largest absolute Gasteiger partial charge is 0.473 e. The molecule has 2 aromatic carbocycles. The minimum atomic E-state index is -1.82. The van der Waals surface area contributed by atoms with Crippen LogP contribution in [0.1, 0.15) is 49.3 Å². The van der Waals surface area contributed by atoms with Gasteiger partial charge in [-0.15, -0.1) is 0 Å². The maximum atomic E-state index is 12.8. The van der Waals surface area contributed by atoms with Gasteiger partial charge in [0.2, 0.25) is 5.91 Å². The predicted octanol–water partition coefficient (Wildman–Crippen LogP) is 3.84. The molecule has 3 rings (SSSR count). The van der Waals surface area contributed by atoms with E-state index in [1.54, 1.807) is 0 Å². The Bertz CT molecular complexity index is 892. The van der Waals surface area contributed by atoms with Gasteiger partial charge in [-0.25, -0.2) is 9.59 Å². The number of carboxylic acid groups (broad SMARTS) is 2. The first-order chi connectivity index (χ1) is 15.7. The third-order valence-electron chi connectivity index (χ3n) is 5.81. The molecule has 2 N–H and O–H groups in total. The van der Waals surface area contributed by atoms with Gasteiger partial charge in [-0.2, -0.15) is 0 Å². The van der Waals surface area contributed by atoms with Crippen LogP contribution in [0.3, 0.4) is 0 Å². The summed E-state index contributed by atoms with van der Waals surface area (Å²) in [6, 6.07) is 19.2. The minimum absolute atomic E-state index is 0.165. The van der Waals surface area contributed by atoms with E-state index in [2.05, 4.69) is 55.1 Å². The Labute approximate surface area is 195 Å². The molecule has 0 spiro atoms. The fraction of sp³-hybridized carbons (Fsp3) is 0.423. The lowest BCUT2D eigenvalue weighted by molar-refractivity contribution is -0.159. The van der Waals surface area contributed by atoms with Crippen LogP contribution in [0.4, 0.5) is 0 Å². The van der Waals surface area contributed by atoms with E-state index < -0.39 is 11.9 Å². The average molecular weight is 455 g/mol. The Kier molecular flexibility index (Phi) is 10.1. The summed E-state index contributed by atoms with van der Waals surface area (Å²) in [5, 5.41) is 14.8. The molecule has 33 heavy (non-hydrogen) atoms. The number of piperidine rings is 1. The van der Waals surface area contributed by atoms with E-state index >= 15 is 0 Å². The molecule has 1 aliphatic heterocycles. The van der Waals surface area contributed by atoms with Gasteiger partial charge in [-0.05, 0) is 48.5 Å². The molecule has 0 bridgehead atoms. The molecule has 0 aliphatic carbocycles. The van der Waals surface area contributed by atoms with Crippen molar-refractivity contribution in [3.63, 3.8) is 0 Å². The normalized spacial score (nSPS) is 14.3. The average Bonchev–Trinajstić information content (AvgIpc) is 2.80. The first kappa shape index (κ1) is 26.1. The van der Waals surface area contributed by atoms with E-state index in [0.29, 0.717) is 18.4 Å². The number of amides is 1. The van der Waals surface area contributed by atoms with Crippen molar-refractivity contribution in [2.24, 2.45) is 5.92 Å². The summed E-state index contributed by atoms with van der Waals surface area (Å²) in [7, 11) is 1.93. The highest BCUT2D eigenvalue weighted by atomic mass is 16.4. The molecule has 1 heterocycles. The van der Waals surface area contributed by atoms with Gasteiger partial charge in [0, 0.05) is 26.1 Å². The van der Waals surface area contributed by atoms with E-state index in [9.17, 15) is 4.79 Å². The van der Waals surface area contributed by atoms with Gasteiger partial charge in [0.15, 0.2) is 0 Å². The maximum Gasteiger partial charge on any atom is 0.414 e. The molecule has 1 saturated heterocycles. The SMILES string of the molecule is CC(C)c1ccc(CN2CCC(C(=O)N(C)Cc3ccccc3)CC2)cc1.O=C(O)C(=O)O. The quantitative estimate of drug-likeness (QED) is 0.644. The van der Waals surface area contributed by atoms with Gasteiger partial charge < -0.3 is 15.1 Å². The third-order valence-corrected chi connectivity index (χ3v) is 5.81. The van der Waals surface area contributed by atoms with E-state index in [1.807, 2.05) is 30.1 Å². The van der Waals surface area contributed by atoms with Crippen LogP contribution < -0.4 is 0 Å². The highest BCUT2D eigenvalue weighted by molar-refractivity contribution is 6.27. The first-order valence-electron chi connectivity index (χ1n) is 11.2. The lowest BCUT2D eigenvalue weighted by atomic mass is 9.94. The van der Waals surface area contributed by atoms with Crippen molar-refractivity contribution in [3.8, 4) is 0 Å². The van der Waals surface area contributed by atoms with Crippen LogP contribution in [0.2, 0.25) is 0 Å². The zero-order valence-corrected chi connectivity index (χ0v) is 19.6. The third kappa shape index (κ3) is 8.69. The Hall–Kier alpha value is -3.19. The van der Waals surface area contributed by atoms with Gasteiger partial charge in [0.05, 0.1) is 0 Å². The molecule has 1 amide bonds. The van der Waals surface area contributed by atoms with Gasteiger partial charge in [0.1, 0.15) is 0 Å². The van der Waals surface area contributed by atoms with Crippen molar-refractivity contribution in [1.29, 1.82) is 0 Å². The number of carboxylic acids is 2. The predicted molar refractivity (Wildman–Crippen MR) is 127 cm³/mol. The Morgan fingerprint density at radius 2 is 1.45 bits per heavy atom. The summed E-state index contributed by atoms with van der Waals surface area (Å²) in [5.41, 5.74) is 3.95. The number of hydrogen-bond donors (Lipinski definition) is 2. The van der Waals surface area contributed by atoms with E-state index in [-0.39, 0.29) is 5.92 Å². The molecule has 178 valence electrons. The standard InChI is InChI=1S/C24H32N2O.C2H2O4/c1-19(2)22-11-9-21(10-12-22)18-26-15-13-23(14-16-26)24(27)25(3)17-20-7-5-4-6-8-20;3-1(4)2(5)6/h4-12,19,23H,13-18H2,1-3H3;(H,3,4)(H,5,6). The van der Waals surface area contributed by atoms with E-state index in [4.69, 9.17) is 19.8 Å². The highest BCUT2D eigenvalue weighted by Crippen LogP contribution is 2.22. The molecular weight excluding hydrogens is 420 g/mol. The fourth-order valence-corrected chi connectivity index (χ4v) is 3.85. The topological polar surface area (TPSA) is 98.2 Å². The first-order valence-corrected chi connectivity index (χ1v) is 11.2. The molecule has 7 nitrogen and oxygen atoms in total. The Morgan fingerprint density at radius 3 is 1.94 bits per heavy atom. The number of benzene rings is 2. The second kappa shape index (κ2) is 12.7. The van der Waals surface area contributed by atoms with Crippen LogP contribution in [0.25, 0.3) is 0 Å². The number of aliphatic carboxylic acids is 2. The lowest BCUT2D eigenvalue weighted by Crippen LogP contribution is -2.40. The molecule has 2 aromatic rings. The summed E-state index contributed by atoms with van der Waals surface area (Å²) >= 11 is 0. The molecular formula is C26H34N2O5. The number of carbonyl (C=O) groups is 3. The molecule has 1 aliphatic rings. The highest BCUT2D eigenvalue weighted by Gasteiger charge is 2.27. The van der Waals surface area contributed by atoms with Crippen molar-refractivity contribution in [3.05, 3.63) is 71.3 Å². The number of carbonyl (C=O) groups excluding carboxylic acids is 1. The number of hydrogen-bond acceptors (Lipinski definition) is 4. The minimum Gasteiger partial charge on any atom is -0.473 e. The van der Waals surface area contributed by atoms with Gasteiger partial charge in [0.25, 0.3) is 0 Å².